The number of hydrogen-bond acceptors (Lipinski definition) is 4. The number of carbonyl (C=O) groups is 1. The predicted molar refractivity (Wildman–Crippen MR) is 61.5 cm³/mol. The minimum atomic E-state index is -0.418. The van der Waals surface area contributed by atoms with E-state index in [9.17, 15) is 4.79 Å². The van der Waals surface area contributed by atoms with Crippen LogP contribution < -0.4 is 0 Å². The molecule has 4 nitrogen and oxygen atoms in total. The highest BCUT2D eigenvalue weighted by atomic mass is 16.7. The van der Waals surface area contributed by atoms with E-state index in [4.69, 9.17) is 9.57 Å². The van der Waals surface area contributed by atoms with Gasteiger partial charge in [-0.05, 0) is 12.8 Å². The lowest BCUT2D eigenvalue weighted by Crippen LogP contribution is -2.34. The molecule has 17 heavy (non-hydrogen) atoms. The summed E-state index contributed by atoms with van der Waals surface area (Å²) in [5, 5.41) is 4.09. The minimum Gasteiger partial charge on any atom is -0.468 e. The second-order valence-electron chi connectivity index (χ2n) is 4.45. The van der Waals surface area contributed by atoms with Crippen LogP contribution in [0.2, 0.25) is 0 Å². The van der Waals surface area contributed by atoms with Crippen molar-refractivity contribution in [2.24, 2.45) is 11.1 Å². The van der Waals surface area contributed by atoms with Crippen molar-refractivity contribution in [2.75, 3.05) is 7.11 Å². The average molecular weight is 231 g/mol. The molecule has 1 aromatic rings. The molecule has 1 heterocycles. The van der Waals surface area contributed by atoms with Gasteiger partial charge in [-0.15, -0.1) is 0 Å². The van der Waals surface area contributed by atoms with Crippen LogP contribution in [-0.4, -0.2) is 24.4 Å². The zero-order valence-electron chi connectivity index (χ0n) is 9.55. The van der Waals surface area contributed by atoms with Crippen molar-refractivity contribution < 1.29 is 14.4 Å². The molecule has 4 heteroatoms. The first-order chi connectivity index (χ1) is 8.27. The summed E-state index contributed by atoms with van der Waals surface area (Å²) in [6.45, 7) is 0. The first-order valence-corrected chi connectivity index (χ1v) is 5.66. The average Bonchev–Trinajstić information content (AvgIpc) is 3.04. The van der Waals surface area contributed by atoms with Gasteiger partial charge in [0.1, 0.15) is 11.6 Å². The number of nitrogens with zero attached hydrogens (tertiary/aromatic N) is 1. The molecule has 0 amide bonds. The third kappa shape index (κ3) is 1.52. The summed E-state index contributed by atoms with van der Waals surface area (Å²) in [7, 11) is 1.40. The monoisotopic (exact) mass is 231 g/mol. The molecular formula is C13H13NO3. The van der Waals surface area contributed by atoms with Crippen LogP contribution in [0.1, 0.15) is 18.4 Å². The molecule has 0 saturated heterocycles. The van der Waals surface area contributed by atoms with Gasteiger partial charge in [0.25, 0.3) is 0 Å². The van der Waals surface area contributed by atoms with Gasteiger partial charge in [0, 0.05) is 5.56 Å². The van der Waals surface area contributed by atoms with Crippen LogP contribution in [0, 0.1) is 5.92 Å². The topological polar surface area (TPSA) is 47.9 Å². The Hall–Kier alpha value is -1.84. The summed E-state index contributed by atoms with van der Waals surface area (Å²) >= 11 is 0. The van der Waals surface area contributed by atoms with E-state index in [-0.39, 0.29) is 11.9 Å². The maximum Gasteiger partial charge on any atom is 0.319 e. The van der Waals surface area contributed by atoms with E-state index in [1.807, 2.05) is 30.3 Å². The fourth-order valence-electron chi connectivity index (χ4n) is 2.27. The number of esters is 1. The van der Waals surface area contributed by atoms with Crippen LogP contribution in [0.4, 0.5) is 0 Å². The summed E-state index contributed by atoms with van der Waals surface area (Å²) in [5.41, 5.74) is 1.19. The van der Waals surface area contributed by atoms with Crippen molar-refractivity contribution in [3.05, 3.63) is 35.9 Å². The second-order valence-corrected chi connectivity index (χ2v) is 4.45. The van der Waals surface area contributed by atoms with E-state index in [0.717, 1.165) is 18.4 Å². The molecule has 0 radical (unpaired) electrons. The van der Waals surface area contributed by atoms with Crippen molar-refractivity contribution in [3.8, 4) is 0 Å². The third-order valence-electron chi connectivity index (χ3n) is 3.37. The standard InChI is InChI=1S/C13H13NO3/c1-16-12(15)10-11(9-5-3-2-4-6-9)14-17-13(10)7-8-13/h2-6,10H,7-8H2,1H3. The van der Waals surface area contributed by atoms with E-state index in [1.54, 1.807) is 0 Å². The van der Waals surface area contributed by atoms with Gasteiger partial charge in [-0.3, -0.25) is 4.79 Å². The molecule has 0 bridgehead atoms. The number of ether oxygens (including phenoxy) is 1. The lowest BCUT2D eigenvalue weighted by molar-refractivity contribution is -0.146. The molecule has 1 aliphatic heterocycles. The molecule has 3 rings (SSSR count). The van der Waals surface area contributed by atoms with Crippen molar-refractivity contribution in [1.29, 1.82) is 0 Å². The Balaban J connectivity index is 1.97. The van der Waals surface area contributed by atoms with Gasteiger partial charge in [-0.1, -0.05) is 35.5 Å². The van der Waals surface area contributed by atoms with E-state index in [0.29, 0.717) is 5.71 Å². The molecule has 1 aliphatic carbocycles. The molecule has 1 aromatic carbocycles. The van der Waals surface area contributed by atoms with Gasteiger partial charge in [-0.2, -0.15) is 0 Å². The fraction of sp³-hybridized carbons (Fsp3) is 0.385. The lowest BCUT2D eigenvalue weighted by Gasteiger charge is -2.15. The quantitative estimate of drug-likeness (QED) is 0.728. The first-order valence-electron chi connectivity index (χ1n) is 5.66. The van der Waals surface area contributed by atoms with E-state index >= 15 is 0 Å². The molecule has 1 fully saturated rings. The number of oxime groups is 1. The Morgan fingerprint density at radius 1 is 1.41 bits per heavy atom. The van der Waals surface area contributed by atoms with Gasteiger partial charge in [0.2, 0.25) is 0 Å². The molecule has 0 aromatic heterocycles. The zero-order chi connectivity index (χ0) is 11.9. The molecule has 1 spiro atoms. The number of methoxy groups -OCH3 is 1. The normalized spacial score (nSPS) is 24.1. The van der Waals surface area contributed by atoms with Gasteiger partial charge in [0.05, 0.1) is 7.11 Å². The fourth-order valence-corrected chi connectivity index (χ4v) is 2.27. The number of benzene rings is 1. The van der Waals surface area contributed by atoms with Crippen LogP contribution in [-0.2, 0) is 14.4 Å². The van der Waals surface area contributed by atoms with Crippen molar-refractivity contribution in [2.45, 2.75) is 18.4 Å². The number of hydrogen-bond donors (Lipinski definition) is 0. The zero-order valence-corrected chi connectivity index (χ0v) is 9.55. The molecule has 0 N–H and O–H groups in total. The Labute approximate surface area is 99.2 Å². The molecular weight excluding hydrogens is 218 g/mol. The largest absolute Gasteiger partial charge is 0.468 e. The van der Waals surface area contributed by atoms with E-state index < -0.39 is 5.60 Å². The second kappa shape index (κ2) is 3.58. The predicted octanol–water partition coefficient (Wildman–Crippen LogP) is 1.74. The highest BCUT2D eigenvalue weighted by Crippen LogP contribution is 2.51. The Morgan fingerprint density at radius 2 is 2.12 bits per heavy atom. The maximum atomic E-state index is 11.9. The molecule has 2 aliphatic rings. The molecule has 1 saturated carbocycles. The Bertz CT molecular complexity index is 477. The van der Waals surface area contributed by atoms with Crippen molar-refractivity contribution in [1.82, 2.24) is 0 Å². The van der Waals surface area contributed by atoms with Crippen LogP contribution in [0.15, 0.2) is 35.5 Å². The van der Waals surface area contributed by atoms with Crippen molar-refractivity contribution in [3.63, 3.8) is 0 Å². The highest BCUT2D eigenvalue weighted by Gasteiger charge is 2.62. The third-order valence-corrected chi connectivity index (χ3v) is 3.37. The minimum absolute atomic E-state index is 0.261. The summed E-state index contributed by atoms with van der Waals surface area (Å²) in [6, 6.07) is 9.63. The number of rotatable bonds is 2. The first kappa shape index (κ1) is 10.3. The van der Waals surface area contributed by atoms with E-state index in [2.05, 4.69) is 5.16 Å². The maximum absolute atomic E-state index is 11.9. The van der Waals surface area contributed by atoms with Gasteiger partial charge in [-0.25, -0.2) is 0 Å². The van der Waals surface area contributed by atoms with E-state index in [1.165, 1.54) is 7.11 Å². The van der Waals surface area contributed by atoms with Crippen LogP contribution in [0.25, 0.3) is 0 Å². The number of carbonyl (C=O) groups excluding carboxylic acids is 1. The summed E-state index contributed by atoms with van der Waals surface area (Å²) in [5.74, 6) is -0.641. The Morgan fingerprint density at radius 3 is 2.71 bits per heavy atom. The van der Waals surface area contributed by atoms with Crippen LogP contribution in [0.5, 0.6) is 0 Å². The SMILES string of the molecule is COC(=O)C1C(c2ccccc2)=NOC12CC2. The molecule has 88 valence electrons. The highest BCUT2D eigenvalue weighted by molar-refractivity contribution is 6.13. The van der Waals surface area contributed by atoms with Gasteiger partial charge < -0.3 is 9.57 Å². The lowest BCUT2D eigenvalue weighted by atomic mass is 9.91. The van der Waals surface area contributed by atoms with Crippen molar-refractivity contribution >= 4 is 11.7 Å². The van der Waals surface area contributed by atoms with Crippen LogP contribution in [0.3, 0.4) is 0 Å². The summed E-state index contributed by atoms with van der Waals surface area (Å²) in [4.78, 5) is 17.3. The van der Waals surface area contributed by atoms with Gasteiger partial charge in [0.15, 0.2) is 5.60 Å². The molecule has 1 unspecified atom stereocenters. The van der Waals surface area contributed by atoms with Crippen LogP contribution >= 0.6 is 0 Å². The smallest absolute Gasteiger partial charge is 0.319 e. The van der Waals surface area contributed by atoms with Gasteiger partial charge >= 0.3 is 5.97 Å². The summed E-state index contributed by atoms with van der Waals surface area (Å²) in [6.07, 6.45) is 1.74. The molecule has 1 atom stereocenters. The Kier molecular flexibility index (Phi) is 2.18. The summed E-state index contributed by atoms with van der Waals surface area (Å²) < 4.78 is 4.86.